The van der Waals surface area contributed by atoms with Crippen molar-refractivity contribution < 1.29 is 0 Å². The zero-order valence-electron chi connectivity index (χ0n) is 18.6. The van der Waals surface area contributed by atoms with E-state index in [9.17, 15) is 0 Å². The Balaban J connectivity index is 1.67. The maximum atomic E-state index is 4.86. The minimum absolute atomic E-state index is 0.935. The molecule has 0 spiro atoms. The second-order valence-corrected chi connectivity index (χ2v) is 9.42. The van der Waals surface area contributed by atoms with Crippen molar-refractivity contribution in [3.8, 4) is 22.6 Å². The van der Waals surface area contributed by atoms with Gasteiger partial charge in [-0.25, -0.2) is 0 Å². The molecule has 0 aliphatic rings. The van der Waals surface area contributed by atoms with Gasteiger partial charge in [0, 0.05) is 39.2 Å². The van der Waals surface area contributed by atoms with Crippen molar-refractivity contribution in [2.75, 3.05) is 0 Å². The lowest BCUT2D eigenvalue weighted by molar-refractivity contribution is 1.06. The van der Waals surface area contributed by atoms with E-state index in [1.165, 1.54) is 5.39 Å². The lowest BCUT2D eigenvalue weighted by Crippen LogP contribution is -2.02. The molecule has 0 aliphatic heterocycles. The highest BCUT2D eigenvalue weighted by atomic mass is 79.9. The van der Waals surface area contributed by atoms with Gasteiger partial charge in [0.2, 0.25) is 0 Å². The number of fused-ring (bicyclic) bond motifs is 5. The van der Waals surface area contributed by atoms with Crippen LogP contribution < -0.4 is 0 Å². The van der Waals surface area contributed by atoms with Crippen LogP contribution in [0.4, 0.5) is 0 Å². The monoisotopic (exact) mass is 514 g/mol. The summed E-state index contributed by atoms with van der Waals surface area (Å²) < 4.78 is 5.66. The predicted octanol–water partition coefficient (Wildman–Crippen LogP) is 7.95. The maximum absolute atomic E-state index is 4.86. The smallest absolute Gasteiger partial charge is 0.133 e. The van der Waals surface area contributed by atoms with Gasteiger partial charge in [0.15, 0.2) is 0 Å². The van der Waals surface area contributed by atoms with Crippen LogP contribution in [0.1, 0.15) is 0 Å². The Bertz CT molecular complexity index is 1850. The molecule has 4 heterocycles. The first-order chi connectivity index (χ1) is 17.3. The Labute approximate surface area is 210 Å². The fraction of sp³-hybridized carbons (Fsp3) is 0. The molecule has 0 saturated heterocycles. The van der Waals surface area contributed by atoms with Crippen LogP contribution >= 0.6 is 15.9 Å². The maximum Gasteiger partial charge on any atom is 0.133 e. The summed E-state index contributed by atoms with van der Waals surface area (Å²) in [5, 5.41) is 2.34. The van der Waals surface area contributed by atoms with E-state index in [4.69, 9.17) is 4.98 Å². The molecule has 7 aromatic rings. The second kappa shape index (κ2) is 7.93. The fourth-order valence-electron chi connectivity index (χ4n) is 5.04. The Hall–Kier alpha value is -4.22. The molecule has 0 unspecified atom stereocenters. The van der Waals surface area contributed by atoms with Crippen molar-refractivity contribution in [1.82, 2.24) is 19.1 Å². The van der Waals surface area contributed by atoms with Crippen LogP contribution in [0.25, 0.3) is 55.6 Å². The number of pyridine rings is 2. The average molecular weight is 515 g/mol. The van der Waals surface area contributed by atoms with Crippen molar-refractivity contribution in [1.29, 1.82) is 0 Å². The standard InChI is InChI=1S/C30H19BrN4/c31-21-17-20(25-12-6-7-15-32-25)18-23(19-21)35-27-14-8-16-33-29(27)28-24-11-4-5-13-26(24)34(30(28)35)22-9-2-1-3-10-22/h1-19H. The molecular weight excluding hydrogens is 496 g/mol. The molecule has 0 radical (unpaired) electrons. The first-order valence-electron chi connectivity index (χ1n) is 11.5. The molecule has 35 heavy (non-hydrogen) atoms. The molecule has 7 rings (SSSR count). The Morgan fingerprint density at radius 3 is 2.20 bits per heavy atom. The van der Waals surface area contributed by atoms with Crippen molar-refractivity contribution in [3.63, 3.8) is 0 Å². The van der Waals surface area contributed by atoms with E-state index in [2.05, 4.69) is 109 Å². The highest BCUT2D eigenvalue weighted by Gasteiger charge is 2.22. The van der Waals surface area contributed by atoms with Gasteiger partial charge in [0.1, 0.15) is 5.65 Å². The first-order valence-corrected chi connectivity index (χ1v) is 12.3. The summed E-state index contributed by atoms with van der Waals surface area (Å²) in [5.41, 5.74) is 8.46. The van der Waals surface area contributed by atoms with E-state index in [1.807, 2.05) is 36.7 Å². The van der Waals surface area contributed by atoms with Crippen LogP contribution in [0.5, 0.6) is 0 Å². The van der Waals surface area contributed by atoms with Gasteiger partial charge in [0.25, 0.3) is 0 Å². The summed E-state index contributed by atoms with van der Waals surface area (Å²) in [7, 11) is 0. The molecule has 4 aromatic heterocycles. The third kappa shape index (κ3) is 3.12. The van der Waals surface area contributed by atoms with Gasteiger partial charge in [-0.15, -0.1) is 0 Å². The topological polar surface area (TPSA) is 35.6 Å². The minimum atomic E-state index is 0.935. The lowest BCUT2D eigenvalue weighted by Gasteiger charge is -2.14. The van der Waals surface area contributed by atoms with Gasteiger partial charge >= 0.3 is 0 Å². The van der Waals surface area contributed by atoms with Crippen LogP contribution in [-0.4, -0.2) is 19.1 Å². The number of hydrogen-bond acceptors (Lipinski definition) is 2. The second-order valence-electron chi connectivity index (χ2n) is 8.51. The molecule has 0 bridgehead atoms. The van der Waals surface area contributed by atoms with Crippen LogP contribution in [0.15, 0.2) is 120 Å². The minimum Gasteiger partial charge on any atom is -0.295 e. The molecule has 0 N–H and O–H groups in total. The van der Waals surface area contributed by atoms with E-state index in [0.717, 1.165) is 54.7 Å². The van der Waals surface area contributed by atoms with Crippen molar-refractivity contribution in [3.05, 3.63) is 120 Å². The third-order valence-electron chi connectivity index (χ3n) is 6.44. The van der Waals surface area contributed by atoms with Gasteiger partial charge in [-0.2, -0.15) is 0 Å². The average Bonchev–Trinajstić information content (AvgIpc) is 3.42. The summed E-state index contributed by atoms with van der Waals surface area (Å²) >= 11 is 3.76. The van der Waals surface area contributed by atoms with E-state index < -0.39 is 0 Å². The molecule has 0 amide bonds. The van der Waals surface area contributed by atoms with Crippen molar-refractivity contribution >= 4 is 48.9 Å². The molecule has 4 nitrogen and oxygen atoms in total. The number of para-hydroxylation sites is 2. The number of benzene rings is 3. The Kier molecular flexibility index (Phi) is 4.57. The normalized spacial score (nSPS) is 11.6. The highest BCUT2D eigenvalue weighted by Crippen LogP contribution is 2.40. The number of rotatable bonds is 3. The summed E-state index contributed by atoms with van der Waals surface area (Å²) in [5.74, 6) is 0. The largest absolute Gasteiger partial charge is 0.295 e. The van der Waals surface area contributed by atoms with Crippen molar-refractivity contribution in [2.24, 2.45) is 0 Å². The number of halogens is 1. The Morgan fingerprint density at radius 2 is 1.34 bits per heavy atom. The summed E-state index contributed by atoms with van der Waals surface area (Å²) in [6, 6.07) is 35.7. The van der Waals surface area contributed by atoms with Crippen LogP contribution in [0, 0.1) is 0 Å². The molecule has 0 fully saturated rings. The van der Waals surface area contributed by atoms with E-state index >= 15 is 0 Å². The summed E-state index contributed by atoms with van der Waals surface area (Å²) in [6.45, 7) is 0. The van der Waals surface area contributed by atoms with Gasteiger partial charge < -0.3 is 0 Å². The van der Waals surface area contributed by atoms with Crippen LogP contribution in [-0.2, 0) is 0 Å². The molecule has 5 heteroatoms. The summed E-state index contributed by atoms with van der Waals surface area (Å²) in [6.07, 6.45) is 3.71. The number of aromatic nitrogens is 4. The van der Waals surface area contributed by atoms with Gasteiger partial charge in [-0.3, -0.25) is 19.1 Å². The number of hydrogen-bond donors (Lipinski definition) is 0. The zero-order chi connectivity index (χ0) is 23.4. The summed E-state index contributed by atoms with van der Waals surface area (Å²) in [4.78, 5) is 9.45. The van der Waals surface area contributed by atoms with Crippen molar-refractivity contribution in [2.45, 2.75) is 0 Å². The van der Waals surface area contributed by atoms with Crippen LogP contribution in [0.3, 0.4) is 0 Å². The van der Waals surface area contributed by atoms with Crippen LogP contribution in [0.2, 0.25) is 0 Å². The fourth-order valence-corrected chi connectivity index (χ4v) is 5.52. The SMILES string of the molecule is Brc1cc(-c2ccccn2)cc(-n2c3cccnc3c3c4ccccc4n(-c4ccccc4)c32)c1. The predicted molar refractivity (Wildman–Crippen MR) is 146 cm³/mol. The van der Waals surface area contributed by atoms with Gasteiger partial charge in [-0.05, 0) is 60.7 Å². The van der Waals surface area contributed by atoms with E-state index in [0.29, 0.717) is 0 Å². The molecule has 3 aromatic carbocycles. The number of nitrogens with zero attached hydrogens (tertiary/aromatic N) is 4. The molecule has 166 valence electrons. The van der Waals surface area contributed by atoms with Gasteiger partial charge in [0.05, 0.1) is 27.6 Å². The molecule has 0 atom stereocenters. The first kappa shape index (κ1) is 20.2. The third-order valence-corrected chi connectivity index (χ3v) is 6.90. The molecule has 0 saturated carbocycles. The molecule has 0 aliphatic carbocycles. The quantitative estimate of drug-likeness (QED) is 0.239. The lowest BCUT2D eigenvalue weighted by atomic mass is 10.1. The Morgan fingerprint density at radius 1 is 0.600 bits per heavy atom. The highest BCUT2D eigenvalue weighted by molar-refractivity contribution is 9.10. The molecular formula is C30H19BrN4. The van der Waals surface area contributed by atoms with E-state index in [1.54, 1.807) is 0 Å². The van der Waals surface area contributed by atoms with Gasteiger partial charge in [-0.1, -0.05) is 58.4 Å². The van der Waals surface area contributed by atoms with E-state index in [-0.39, 0.29) is 0 Å². The zero-order valence-corrected chi connectivity index (χ0v) is 20.2.